The molecule has 0 atom stereocenters. The summed E-state index contributed by atoms with van der Waals surface area (Å²) >= 11 is 0. The van der Waals surface area contributed by atoms with Gasteiger partial charge in [0, 0.05) is 23.0 Å². The number of anilines is 3. The summed E-state index contributed by atoms with van der Waals surface area (Å²) in [6, 6.07) is 11.6. The number of oxazole rings is 1. The lowest BCUT2D eigenvalue weighted by Gasteiger charge is -2.10. The molecule has 0 aliphatic rings. The molecule has 0 amide bonds. The lowest BCUT2D eigenvalue weighted by Crippen LogP contribution is -2.06. The van der Waals surface area contributed by atoms with Crippen molar-refractivity contribution < 1.29 is 8.83 Å². The first kappa shape index (κ1) is 15.9. The first-order valence-electron chi connectivity index (χ1n) is 8.13. The van der Waals surface area contributed by atoms with Crippen LogP contribution in [0, 0.1) is 6.92 Å². The summed E-state index contributed by atoms with van der Waals surface area (Å²) in [6.45, 7) is 2.52. The van der Waals surface area contributed by atoms with Crippen LogP contribution in [0.3, 0.4) is 0 Å². The molecule has 0 spiro atoms. The third-order valence-electron chi connectivity index (χ3n) is 3.83. The second-order valence-electron chi connectivity index (χ2n) is 5.74. The molecule has 0 aliphatic carbocycles. The smallest absolute Gasteiger partial charge is 0.229 e. The van der Waals surface area contributed by atoms with Gasteiger partial charge in [0.15, 0.2) is 6.39 Å². The molecule has 130 valence electrons. The number of benzene rings is 1. The van der Waals surface area contributed by atoms with Crippen molar-refractivity contribution in [3.05, 3.63) is 72.8 Å². The third-order valence-corrected chi connectivity index (χ3v) is 3.83. The van der Waals surface area contributed by atoms with Crippen molar-refractivity contribution in [3.8, 4) is 11.3 Å². The molecule has 26 heavy (non-hydrogen) atoms. The molecule has 2 N–H and O–H groups in total. The molecule has 3 heterocycles. The largest absolute Gasteiger partial charge is 0.467 e. The fourth-order valence-corrected chi connectivity index (χ4v) is 2.51. The molecule has 0 fully saturated rings. The number of aromatic nitrogens is 3. The maximum Gasteiger partial charge on any atom is 0.229 e. The summed E-state index contributed by atoms with van der Waals surface area (Å²) < 4.78 is 10.4. The van der Waals surface area contributed by atoms with Crippen molar-refractivity contribution in [1.82, 2.24) is 15.0 Å². The normalized spacial score (nSPS) is 10.7. The Morgan fingerprint density at radius 1 is 1.12 bits per heavy atom. The van der Waals surface area contributed by atoms with E-state index < -0.39 is 0 Å². The highest BCUT2D eigenvalue weighted by Crippen LogP contribution is 2.23. The van der Waals surface area contributed by atoms with Gasteiger partial charge >= 0.3 is 0 Å². The summed E-state index contributed by atoms with van der Waals surface area (Å²) in [7, 11) is 0. The average molecular weight is 347 g/mol. The Kier molecular flexibility index (Phi) is 4.34. The number of aryl methyl sites for hydroxylation is 1. The molecule has 7 nitrogen and oxygen atoms in total. The van der Waals surface area contributed by atoms with Gasteiger partial charge in [-0.2, -0.15) is 4.98 Å². The molecule has 0 aliphatic heterocycles. The van der Waals surface area contributed by atoms with Crippen molar-refractivity contribution >= 4 is 17.5 Å². The monoisotopic (exact) mass is 347 g/mol. The second kappa shape index (κ2) is 7.10. The van der Waals surface area contributed by atoms with Crippen LogP contribution >= 0.6 is 0 Å². The highest BCUT2D eigenvalue weighted by molar-refractivity contribution is 5.66. The standard InChI is InChI=1S/C19H17N5O2/c1-13-9-21-19(24-18(13)20-10-16-6-3-7-26-16)23-15-5-2-4-14(8-15)17-11-25-12-22-17/h2-9,11-12H,10H2,1H3,(H2,20,21,23,24). The molecule has 0 saturated heterocycles. The van der Waals surface area contributed by atoms with Crippen LogP contribution < -0.4 is 10.6 Å². The number of hydrogen-bond acceptors (Lipinski definition) is 7. The van der Waals surface area contributed by atoms with E-state index in [9.17, 15) is 0 Å². The molecule has 0 unspecified atom stereocenters. The van der Waals surface area contributed by atoms with Gasteiger partial charge in [-0.1, -0.05) is 12.1 Å². The highest BCUT2D eigenvalue weighted by Gasteiger charge is 2.07. The third kappa shape index (κ3) is 3.56. The number of rotatable bonds is 6. The van der Waals surface area contributed by atoms with E-state index in [4.69, 9.17) is 8.83 Å². The van der Waals surface area contributed by atoms with E-state index in [1.165, 1.54) is 6.39 Å². The van der Waals surface area contributed by atoms with Gasteiger partial charge in [-0.05, 0) is 31.2 Å². The first-order chi connectivity index (χ1) is 12.8. The molecule has 1 aromatic carbocycles. The summed E-state index contributed by atoms with van der Waals surface area (Å²) in [5.41, 5.74) is 3.55. The van der Waals surface area contributed by atoms with Crippen LogP contribution in [0.5, 0.6) is 0 Å². The van der Waals surface area contributed by atoms with Gasteiger partial charge < -0.3 is 19.5 Å². The predicted molar refractivity (Wildman–Crippen MR) is 98.0 cm³/mol. The summed E-state index contributed by atoms with van der Waals surface area (Å²) in [4.78, 5) is 13.1. The average Bonchev–Trinajstić information content (AvgIpc) is 3.36. The maximum absolute atomic E-state index is 5.33. The summed E-state index contributed by atoms with van der Waals surface area (Å²) in [5.74, 6) is 2.11. The Labute approximate surface area is 150 Å². The summed E-state index contributed by atoms with van der Waals surface area (Å²) in [6.07, 6.45) is 6.45. The number of nitrogens with one attached hydrogen (secondary N) is 2. The van der Waals surface area contributed by atoms with Crippen molar-refractivity contribution in [3.63, 3.8) is 0 Å². The maximum atomic E-state index is 5.33. The van der Waals surface area contributed by atoms with E-state index >= 15 is 0 Å². The van der Waals surface area contributed by atoms with E-state index in [1.807, 2.05) is 43.3 Å². The lowest BCUT2D eigenvalue weighted by molar-refractivity contribution is 0.517. The van der Waals surface area contributed by atoms with Crippen LogP contribution in [0.2, 0.25) is 0 Å². The van der Waals surface area contributed by atoms with E-state index in [0.29, 0.717) is 12.5 Å². The number of furan rings is 1. The Hall–Kier alpha value is -3.61. The van der Waals surface area contributed by atoms with E-state index in [0.717, 1.165) is 34.1 Å². The minimum absolute atomic E-state index is 0.509. The zero-order valence-corrected chi connectivity index (χ0v) is 14.1. The van der Waals surface area contributed by atoms with Crippen LogP contribution in [0.1, 0.15) is 11.3 Å². The molecule has 3 aromatic heterocycles. The van der Waals surface area contributed by atoms with E-state index in [-0.39, 0.29) is 0 Å². The zero-order chi connectivity index (χ0) is 17.8. The minimum Gasteiger partial charge on any atom is -0.467 e. The van der Waals surface area contributed by atoms with Gasteiger partial charge in [-0.3, -0.25) is 0 Å². The van der Waals surface area contributed by atoms with Crippen molar-refractivity contribution in [2.45, 2.75) is 13.5 Å². The van der Waals surface area contributed by atoms with Gasteiger partial charge in [0.25, 0.3) is 0 Å². The molecule has 7 heteroatoms. The SMILES string of the molecule is Cc1cnc(Nc2cccc(-c3cocn3)c2)nc1NCc1ccco1. The molecule has 0 saturated carbocycles. The molecular formula is C19H17N5O2. The molecule has 0 radical (unpaired) electrons. The van der Waals surface area contributed by atoms with Crippen molar-refractivity contribution in [1.29, 1.82) is 0 Å². The van der Waals surface area contributed by atoms with Crippen LogP contribution in [0.4, 0.5) is 17.5 Å². The Morgan fingerprint density at radius 2 is 2.08 bits per heavy atom. The van der Waals surface area contributed by atoms with Gasteiger partial charge in [0.1, 0.15) is 23.5 Å². The molecule has 0 bridgehead atoms. The summed E-state index contributed by atoms with van der Waals surface area (Å²) in [5, 5.41) is 6.49. The quantitative estimate of drug-likeness (QED) is 0.535. The molecular weight excluding hydrogens is 330 g/mol. The highest BCUT2D eigenvalue weighted by atomic mass is 16.3. The fraction of sp³-hybridized carbons (Fsp3) is 0.105. The van der Waals surface area contributed by atoms with Crippen LogP contribution in [-0.4, -0.2) is 15.0 Å². The zero-order valence-electron chi connectivity index (χ0n) is 14.1. The van der Waals surface area contributed by atoms with Gasteiger partial charge in [-0.25, -0.2) is 9.97 Å². The van der Waals surface area contributed by atoms with Crippen LogP contribution in [0.25, 0.3) is 11.3 Å². The van der Waals surface area contributed by atoms with E-state index in [2.05, 4.69) is 25.6 Å². The first-order valence-corrected chi connectivity index (χ1v) is 8.13. The molecule has 4 rings (SSSR count). The lowest BCUT2D eigenvalue weighted by atomic mass is 10.1. The topological polar surface area (TPSA) is 89.0 Å². The Balaban J connectivity index is 1.51. The van der Waals surface area contributed by atoms with Crippen LogP contribution in [0.15, 0.2) is 70.3 Å². The van der Waals surface area contributed by atoms with Gasteiger partial charge in [0.2, 0.25) is 5.95 Å². The fourth-order valence-electron chi connectivity index (χ4n) is 2.51. The minimum atomic E-state index is 0.509. The van der Waals surface area contributed by atoms with Gasteiger partial charge in [0.05, 0.1) is 12.8 Å². The van der Waals surface area contributed by atoms with Crippen molar-refractivity contribution in [2.24, 2.45) is 0 Å². The van der Waals surface area contributed by atoms with Crippen molar-refractivity contribution in [2.75, 3.05) is 10.6 Å². The van der Waals surface area contributed by atoms with Gasteiger partial charge in [-0.15, -0.1) is 0 Å². The number of nitrogens with zero attached hydrogens (tertiary/aromatic N) is 3. The Bertz CT molecular complexity index is 981. The number of hydrogen-bond donors (Lipinski definition) is 2. The van der Waals surface area contributed by atoms with Crippen LogP contribution in [-0.2, 0) is 6.54 Å². The molecule has 4 aromatic rings. The van der Waals surface area contributed by atoms with E-state index in [1.54, 1.807) is 18.7 Å². The Morgan fingerprint density at radius 3 is 2.88 bits per heavy atom. The second-order valence-corrected chi connectivity index (χ2v) is 5.74. The predicted octanol–water partition coefficient (Wildman–Crippen LogP) is 4.39.